The van der Waals surface area contributed by atoms with Crippen molar-refractivity contribution in [2.24, 2.45) is 0 Å². The van der Waals surface area contributed by atoms with Gasteiger partial charge in [0.2, 0.25) is 0 Å². The minimum atomic E-state index is -2.93. The Morgan fingerprint density at radius 3 is 2.58 bits per heavy atom. The molecule has 0 unspecified atom stereocenters. The van der Waals surface area contributed by atoms with Crippen LogP contribution in [0.4, 0.5) is 8.78 Å². The zero-order valence-electron chi connectivity index (χ0n) is 13.1. The summed E-state index contributed by atoms with van der Waals surface area (Å²) in [7, 11) is 0. The van der Waals surface area contributed by atoms with Crippen LogP contribution in [0.3, 0.4) is 0 Å². The van der Waals surface area contributed by atoms with E-state index in [1.165, 1.54) is 35.5 Å². The van der Waals surface area contributed by atoms with Gasteiger partial charge in [-0.25, -0.2) is 19.4 Å². The van der Waals surface area contributed by atoms with Gasteiger partial charge in [0, 0.05) is 11.8 Å². The summed E-state index contributed by atoms with van der Waals surface area (Å²) in [5.74, 6) is -0.629. The Labute approximate surface area is 145 Å². The van der Waals surface area contributed by atoms with Crippen LogP contribution in [0.1, 0.15) is 15.9 Å². The monoisotopic (exact) mass is 362 g/mol. The second kappa shape index (κ2) is 7.55. The smallest absolute Gasteiger partial charge is 0.387 e. The molecule has 26 heavy (non-hydrogen) atoms. The van der Waals surface area contributed by atoms with Crippen molar-refractivity contribution in [1.82, 2.24) is 19.7 Å². The topological polar surface area (TPSA) is 99.4 Å². The minimum absolute atomic E-state index is 0.00423. The molecule has 0 bridgehead atoms. The first-order valence-corrected chi connectivity index (χ1v) is 7.29. The Bertz CT molecular complexity index is 899. The SMILES string of the molecule is O=C(O)c1cnn(-c2ncc(OCc3ccccc3OC(F)F)cn2)c1. The Morgan fingerprint density at radius 1 is 1.19 bits per heavy atom. The molecule has 0 aliphatic rings. The van der Waals surface area contributed by atoms with Gasteiger partial charge in [0.05, 0.1) is 24.2 Å². The van der Waals surface area contributed by atoms with Crippen LogP contribution >= 0.6 is 0 Å². The summed E-state index contributed by atoms with van der Waals surface area (Å²) < 4.78 is 35.9. The van der Waals surface area contributed by atoms with Crippen LogP contribution in [-0.4, -0.2) is 37.4 Å². The largest absolute Gasteiger partial charge is 0.486 e. The molecule has 0 radical (unpaired) electrons. The number of carboxylic acids is 1. The molecule has 8 nitrogen and oxygen atoms in total. The van der Waals surface area contributed by atoms with Crippen LogP contribution in [-0.2, 0) is 6.61 Å². The van der Waals surface area contributed by atoms with Crippen molar-refractivity contribution in [3.63, 3.8) is 0 Å². The van der Waals surface area contributed by atoms with Crippen LogP contribution in [0.15, 0.2) is 49.1 Å². The van der Waals surface area contributed by atoms with Crippen LogP contribution in [0.2, 0.25) is 0 Å². The molecule has 3 rings (SSSR count). The fourth-order valence-electron chi connectivity index (χ4n) is 2.04. The third-order valence-corrected chi connectivity index (χ3v) is 3.23. The summed E-state index contributed by atoms with van der Waals surface area (Å²) >= 11 is 0. The highest BCUT2D eigenvalue weighted by atomic mass is 19.3. The van der Waals surface area contributed by atoms with Crippen molar-refractivity contribution < 1.29 is 28.2 Å². The fourth-order valence-corrected chi connectivity index (χ4v) is 2.04. The van der Waals surface area contributed by atoms with E-state index < -0.39 is 12.6 Å². The zero-order chi connectivity index (χ0) is 18.5. The van der Waals surface area contributed by atoms with Gasteiger partial charge in [-0.1, -0.05) is 18.2 Å². The second-order valence-corrected chi connectivity index (χ2v) is 4.97. The van der Waals surface area contributed by atoms with Crippen molar-refractivity contribution in [2.45, 2.75) is 13.2 Å². The van der Waals surface area contributed by atoms with Crippen molar-refractivity contribution in [3.05, 3.63) is 60.2 Å². The number of para-hydroxylation sites is 1. The Hall–Kier alpha value is -3.56. The number of rotatable bonds is 7. The van der Waals surface area contributed by atoms with Gasteiger partial charge in [0.25, 0.3) is 5.95 Å². The predicted molar refractivity (Wildman–Crippen MR) is 83.5 cm³/mol. The Balaban J connectivity index is 1.67. The van der Waals surface area contributed by atoms with Crippen LogP contribution in [0.25, 0.3) is 5.95 Å². The van der Waals surface area contributed by atoms with Gasteiger partial charge in [0.1, 0.15) is 12.4 Å². The molecule has 0 aliphatic carbocycles. The van der Waals surface area contributed by atoms with E-state index in [-0.39, 0.29) is 23.9 Å². The van der Waals surface area contributed by atoms with Crippen LogP contribution in [0.5, 0.6) is 11.5 Å². The summed E-state index contributed by atoms with van der Waals surface area (Å²) in [6, 6.07) is 6.27. The first kappa shape index (κ1) is 17.3. The summed E-state index contributed by atoms with van der Waals surface area (Å²) in [5.41, 5.74) is 0.444. The molecule has 10 heteroatoms. The Morgan fingerprint density at radius 2 is 1.92 bits per heavy atom. The van der Waals surface area contributed by atoms with Gasteiger partial charge in [-0.05, 0) is 6.07 Å². The van der Waals surface area contributed by atoms with Crippen LogP contribution < -0.4 is 9.47 Å². The number of aromatic nitrogens is 4. The highest BCUT2D eigenvalue weighted by Crippen LogP contribution is 2.22. The first-order valence-electron chi connectivity index (χ1n) is 7.29. The highest BCUT2D eigenvalue weighted by Gasteiger charge is 2.11. The number of benzene rings is 1. The lowest BCUT2D eigenvalue weighted by atomic mass is 10.2. The van der Waals surface area contributed by atoms with Gasteiger partial charge in [-0.2, -0.15) is 13.9 Å². The third kappa shape index (κ3) is 4.09. The normalized spacial score (nSPS) is 10.7. The maximum Gasteiger partial charge on any atom is 0.387 e. The van der Waals surface area contributed by atoms with Gasteiger partial charge in [-0.3, -0.25) is 0 Å². The molecule has 0 atom stereocenters. The van der Waals surface area contributed by atoms with E-state index in [1.807, 2.05) is 0 Å². The van der Waals surface area contributed by atoms with Crippen molar-refractivity contribution in [1.29, 1.82) is 0 Å². The summed E-state index contributed by atoms with van der Waals surface area (Å²) in [6.45, 7) is -2.94. The van der Waals surface area contributed by atoms with E-state index in [0.717, 1.165) is 0 Å². The molecule has 2 heterocycles. The van der Waals surface area contributed by atoms with Crippen molar-refractivity contribution >= 4 is 5.97 Å². The van der Waals surface area contributed by atoms with Crippen LogP contribution in [0, 0.1) is 0 Å². The molecule has 0 amide bonds. The van der Waals surface area contributed by atoms with E-state index in [0.29, 0.717) is 11.3 Å². The van der Waals surface area contributed by atoms with E-state index in [2.05, 4.69) is 19.8 Å². The number of alkyl halides is 2. The molecule has 0 saturated carbocycles. The molecule has 0 spiro atoms. The van der Waals surface area contributed by atoms with E-state index in [4.69, 9.17) is 9.84 Å². The molecule has 0 aliphatic heterocycles. The average molecular weight is 362 g/mol. The van der Waals surface area contributed by atoms with Gasteiger partial charge in [0.15, 0.2) is 5.75 Å². The summed E-state index contributed by atoms with van der Waals surface area (Å²) in [4.78, 5) is 18.9. The molecule has 134 valence electrons. The fraction of sp³-hybridized carbons (Fsp3) is 0.125. The lowest BCUT2D eigenvalue weighted by molar-refractivity contribution is -0.0508. The summed E-state index contributed by atoms with van der Waals surface area (Å²) in [5, 5.41) is 12.7. The first-order chi connectivity index (χ1) is 12.5. The lowest BCUT2D eigenvalue weighted by Gasteiger charge is -2.11. The standard InChI is InChI=1S/C16H12F2N4O4/c17-15(18)26-13-4-2-1-3-10(13)9-25-12-6-19-16(20-7-12)22-8-11(5-21-22)14(23)24/h1-8,15H,9H2,(H,23,24). The van der Waals surface area contributed by atoms with Gasteiger partial charge in [-0.15, -0.1) is 0 Å². The number of halogens is 2. The predicted octanol–water partition coefficient (Wildman–Crippen LogP) is 2.54. The minimum Gasteiger partial charge on any atom is -0.486 e. The molecular formula is C16H12F2N4O4. The molecule has 2 aromatic heterocycles. The van der Waals surface area contributed by atoms with E-state index in [1.54, 1.807) is 18.2 Å². The van der Waals surface area contributed by atoms with Gasteiger partial charge < -0.3 is 14.6 Å². The maximum absolute atomic E-state index is 12.4. The lowest BCUT2D eigenvalue weighted by Crippen LogP contribution is -2.06. The second-order valence-electron chi connectivity index (χ2n) is 4.97. The number of carbonyl (C=O) groups is 1. The highest BCUT2D eigenvalue weighted by molar-refractivity contribution is 5.86. The number of hydrogen-bond donors (Lipinski definition) is 1. The maximum atomic E-state index is 12.4. The quantitative estimate of drug-likeness (QED) is 0.689. The van der Waals surface area contributed by atoms with Gasteiger partial charge >= 0.3 is 12.6 Å². The van der Waals surface area contributed by atoms with E-state index in [9.17, 15) is 13.6 Å². The molecule has 3 aromatic rings. The molecule has 1 N–H and O–H groups in total. The molecular weight excluding hydrogens is 350 g/mol. The number of ether oxygens (including phenoxy) is 2. The zero-order valence-corrected chi connectivity index (χ0v) is 13.1. The van der Waals surface area contributed by atoms with Crippen molar-refractivity contribution in [3.8, 4) is 17.4 Å². The number of aromatic carboxylic acids is 1. The molecule has 0 saturated heterocycles. The Kier molecular flexibility index (Phi) is 5.02. The van der Waals surface area contributed by atoms with E-state index >= 15 is 0 Å². The number of nitrogens with zero attached hydrogens (tertiary/aromatic N) is 4. The summed E-state index contributed by atoms with van der Waals surface area (Å²) in [6.07, 6.45) is 5.17. The average Bonchev–Trinajstić information content (AvgIpc) is 3.11. The third-order valence-electron chi connectivity index (χ3n) is 3.23. The molecule has 0 fully saturated rings. The molecule has 1 aromatic carbocycles. The number of hydrogen-bond acceptors (Lipinski definition) is 6. The number of carboxylic acid groups (broad SMARTS) is 1. The van der Waals surface area contributed by atoms with Crippen molar-refractivity contribution in [2.75, 3.05) is 0 Å².